The van der Waals surface area contributed by atoms with Crippen LogP contribution < -0.4 is 12.3 Å². The molecule has 0 unspecified atom stereocenters. The molecule has 2 rings (SSSR count). The molecule has 1 aliphatic carbocycles. The molecule has 0 radical (unpaired) electrons. The smallest absolute Gasteiger partial charge is 0.345 e. The van der Waals surface area contributed by atoms with Crippen molar-refractivity contribution in [2.75, 3.05) is 0 Å². The molecule has 19 heavy (non-hydrogen) atoms. The first-order chi connectivity index (χ1) is 8.00. The Labute approximate surface area is 115 Å². The van der Waals surface area contributed by atoms with Crippen molar-refractivity contribution in [3.8, 4) is 0 Å². The van der Waals surface area contributed by atoms with E-state index in [2.05, 4.69) is 0 Å². The van der Waals surface area contributed by atoms with Gasteiger partial charge in [-0.1, -0.05) is 12.8 Å². The number of carbonyl (C=O) groups is 2. The molecule has 9 N–H and O–H groups in total. The van der Waals surface area contributed by atoms with Crippen molar-refractivity contribution in [3.05, 3.63) is 21.9 Å². The first-order valence-electron chi connectivity index (χ1n) is 5.25. The summed E-state index contributed by atoms with van der Waals surface area (Å²) in [5, 5.41) is 25.5. The number of hydrogen-bond acceptors (Lipinski definition) is 6. The lowest BCUT2D eigenvalue weighted by molar-refractivity contribution is 0.0693. The minimum Gasteiger partial charge on any atom is -0.477 e. The van der Waals surface area contributed by atoms with Crippen molar-refractivity contribution >= 4 is 23.3 Å². The van der Waals surface area contributed by atoms with Gasteiger partial charge in [-0.15, -0.1) is 11.3 Å². The third kappa shape index (κ3) is 6.87. The minimum atomic E-state index is -1.09. The topological polar surface area (TPSA) is 165 Å². The summed E-state index contributed by atoms with van der Waals surface area (Å²) < 4.78 is 0. The van der Waals surface area contributed by atoms with E-state index in [1.807, 2.05) is 0 Å². The fourth-order valence-electron chi connectivity index (χ4n) is 1.47. The normalized spacial score (nSPS) is 13.5. The zero-order valence-electron chi connectivity index (χ0n) is 10.5. The molecule has 110 valence electrons. The van der Waals surface area contributed by atoms with Crippen LogP contribution in [0.15, 0.2) is 12.1 Å². The van der Waals surface area contributed by atoms with Crippen LogP contribution in [-0.4, -0.2) is 33.4 Å². The second-order valence-corrected chi connectivity index (χ2v) is 4.80. The van der Waals surface area contributed by atoms with Gasteiger partial charge in [0.2, 0.25) is 0 Å². The Bertz CT molecular complexity index is 373. The van der Waals surface area contributed by atoms with E-state index in [1.54, 1.807) is 0 Å². The zero-order valence-corrected chi connectivity index (χ0v) is 11.4. The van der Waals surface area contributed by atoms with Crippen LogP contribution in [0.4, 0.5) is 0 Å². The van der Waals surface area contributed by atoms with E-state index >= 15 is 0 Å². The first kappa shape index (κ1) is 19.9. The lowest BCUT2D eigenvalue weighted by atomic mass is 10.3. The zero-order chi connectivity index (χ0) is 12.8. The van der Waals surface area contributed by atoms with E-state index < -0.39 is 11.9 Å². The van der Waals surface area contributed by atoms with Gasteiger partial charge >= 0.3 is 11.9 Å². The third-order valence-corrected chi connectivity index (χ3v) is 3.41. The summed E-state index contributed by atoms with van der Waals surface area (Å²) >= 11 is 0.750. The molecule has 1 aromatic rings. The van der Waals surface area contributed by atoms with Gasteiger partial charge in [0.25, 0.3) is 0 Å². The molecule has 7 nitrogen and oxygen atoms in total. The molecule has 0 bridgehead atoms. The van der Waals surface area contributed by atoms with E-state index in [0.29, 0.717) is 0 Å². The molecule has 0 spiro atoms. The predicted octanol–water partition coefficient (Wildman–Crippen LogP) is 2.39. The van der Waals surface area contributed by atoms with Gasteiger partial charge in [0.05, 0.1) is 6.10 Å². The molecule has 1 fully saturated rings. The summed E-state index contributed by atoms with van der Waals surface area (Å²) in [6.07, 6.45) is 4.60. The molecule has 0 aliphatic heterocycles. The highest BCUT2D eigenvalue weighted by Gasteiger charge is 2.10. The van der Waals surface area contributed by atoms with Gasteiger partial charge in [-0.05, 0) is 25.0 Å². The fourth-order valence-corrected chi connectivity index (χ4v) is 2.16. The van der Waals surface area contributed by atoms with Crippen LogP contribution in [0.5, 0.6) is 0 Å². The number of hydrogen-bond donors (Lipinski definition) is 5. The number of carboxylic acids is 2. The molecule has 1 saturated carbocycles. The lowest BCUT2D eigenvalue weighted by Crippen LogP contribution is -1.94. The Morgan fingerprint density at radius 2 is 1.37 bits per heavy atom. The molecule has 1 heterocycles. The highest BCUT2D eigenvalue weighted by Crippen LogP contribution is 2.16. The van der Waals surface area contributed by atoms with Gasteiger partial charge in [-0.25, -0.2) is 9.59 Å². The second-order valence-electron chi connectivity index (χ2n) is 3.71. The fraction of sp³-hybridized carbons (Fsp3) is 0.455. The SMILES string of the molecule is N.N.O=C(O)c1ccc(C(=O)O)s1.OC1CCCC1. The quantitative estimate of drug-likeness (QED) is 0.558. The largest absolute Gasteiger partial charge is 0.477 e. The van der Waals surface area contributed by atoms with E-state index in [0.717, 1.165) is 24.2 Å². The van der Waals surface area contributed by atoms with Gasteiger partial charge in [0.15, 0.2) is 0 Å². The summed E-state index contributed by atoms with van der Waals surface area (Å²) in [7, 11) is 0. The van der Waals surface area contributed by atoms with Gasteiger partial charge < -0.3 is 27.6 Å². The van der Waals surface area contributed by atoms with E-state index in [9.17, 15) is 9.59 Å². The summed E-state index contributed by atoms with van der Waals surface area (Å²) in [4.78, 5) is 20.6. The van der Waals surface area contributed by atoms with Crippen LogP contribution in [-0.2, 0) is 0 Å². The highest BCUT2D eigenvalue weighted by atomic mass is 32.1. The molecule has 8 heteroatoms. The van der Waals surface area contributed by atoms with Crippen molar-refractivity contribution in [3.63, 3.8) is 0 Å². The maximum absolute atomic E-state index is 10.3. The first-order valence-corrected chi connectivity index (χ1v) is 6.07. The van der Waals surface area contributed by atoms with Crippen molar-refractivity contribution in [2.24, 2.45) is 0 Å². The molecular weight excluding hydrogens is 272 g/mol. The standard InChI is InChI=1S/C6H4O4S.C5H10O.2H3N/c7-5(8)3-1-2-4(11-3)6(9)10;6-5-3-1-2-4-5;;/h1-2H,(H,7,8)(H,9,10);5-6H,1-4H2;2*1H3. The minimum absolute atomic E-state index is 0. The number of aromatic carboxylic acids is 2. The number of thiophene rings is 1. The van der Waals surface area contributed by atoms with Crippen LogP contribution in [0.25, 0.3) is 0 Å². The molecule has 1 aromatic heterocycles. The van der Waals surface area contributed by atoms with Gasteiger partial charge in [-0.3, -0.25) is 0 Å². The Morgan fingerprint density at radius 1 is 1.00 bits per heavy atom. The van der Waals surface area contributed by atoms with Crippen LogP contribution >= 0.6 is 11.3 Å². The number of aliphatic hydroxyl groups excluding tert-OH is 1. The van der Waals surface area contributed by atoms with Crippen molar-refractivity contribution in [1.29, 1.82) is 0 Å². The Hall–Kier alpha value is -1.48. The summed E-state index contributed by atoms with van der Waals surface area (Å²) in [5.41, 5.74) is 0. The molecular formula is C11H20N2O5S. The molecule has 0 saturated heterocycles. The summed E-state index contributed by atoms with van der Waals surface area (Å²) in [6, 6.07) is 2.55. The highest BCUT2D eigenvalue weighted by molar-refractivity contribution is 7.15. The van der Waals surface area contributed by atoms with E-state index in [4.69, 9.17) is 15.3 Å². The summed E-state index contributed by atoms with van der Waals surface area (Å²) in [6.45, 7) is 0. The van der Waals surface area contributed by atoms with E-state index in [1.165, 1.54) is 25.0 Å². The second kappa shape index (κ2) is 9.45. The Balaban J connectivity index is 0. The van der Waals surface area contributed by atoms with Crippen LogP contribution in [0, 0.1) is 0 Å². The lowest BCUT2D eigenvalue weighted by Gasteiger charge is -1.91. The third-order valence-electron chi connectivity index (χ3n) is 2.35. The maximum Gasteiger partial charge on any atom is 0.345 e. The van der Waals surface area contributed by atoms with Crippen molar-refractivity contribution < 1.29 is 24.9 Å². The summed E-state index contributed by atoms with van der Waals surface area (Å²) in [5.74, 6) is -2.19. The van der Waals surface area contributed by atoms with Gasteiger partial charge in [-0.2, -0.15) is 0 Å². The molecule has 0 aromatic carbocycles. The van der Waals surface area contributed by atoms with E-state index in [-0.39, 0.29) is 28.2 Å². The monoisotopic (exact) mass is 292 g/mol. The number of carboxylic acid groups (broad SMARTS) is 2. The van der Waals surface area contributed by atoms with Gasteiger partial charge in [0.1, 0.15) is 9.75 Å². The molecule has 0 amide bonds. The van der Waals surface area contributed by atoms with Crippen molar-refractivity contribution in [2.45, 2.75) is 31.8 Å². The van der Waals surface area contributed by atoms with Crippen molar-refractivity contribution in [1.82, 2.24) is 12.3 Å². The number of aliphatic hydroxyl groups is 1. The molecule has 0 atom stereocenters. The van der Waals surface area contributed by atoms with Crippen LogP contribution in [0.3, 0.4) is 0 Å². The maximum atomic E-state index is 10.3. The number of rotatable bonds is 2. The average molecular weight is 292 g/mol. The Morgan fingerprint density at radius 3 is 1.53 bits per heavy atom. The molecule has 1 aliphatic rings. The van der Waals surface area contributed by atoms with Crippen LogP contribution in [0.2, 0.25) is 0 Å². The van der Waals surface area contributed by atoms with Gasteiger partial charge in [0, 0.05) is 0 Å². The average Bonchev–Trinajstić information content (AvgIpc) is 2.87. The Kier molecular flexibility index (Phi) is 9.87. The van der Waals surface area contributed by atoms with Crippen LogP contribution in [0.1, 0.15) is 45.0 Å². The predicted molar refractivity (Wildman–Crippen MR) is 72.8 cm³/mol.